The van der Waals surface area contributed by atoms with E-state index in [1.165, 1.54) is 39.8 Å². The Kier molecular flexibility index (Phi) is 12.3. The summed E-state index contributed by atoms with van der Waals surface area (Å²) in [5.41, 5.74) is -8.26. The number of hydrogen-bond donors (Lipinski definition) is 2. The van der Waals surface area contributed by atoms with Crippen molar-refractivity contribution in [1.82, 2.24) is 0 Å². The summed E-state index contributed by atoms with van der Waals surface area (Å²) in [4.78, 5) is 69.2. The molecule has 5 rings (SSSR count). The van der Waals surface area contributed by atoms with Crippen molar-refractivity contribution in [3.05, 3.63) is 47.2 Å². The third-order valence-electron chi connectivity index (χ3n) is 11.1. The van der Waals surface area contributed by atoms with E-state index in [4.69, 9.17) is 103 Å². The van der Waals surface area contributed by atoms with E-state index in [0.717, 1.165) is 6.92 Å². The number of carbonyl (C=O) groups is 5. The van der Waals surface area contributed by atoms with Gasteiger partial charge in [0.2, 0.25) is 13.4 Å². The lowest BCUT2D eigenvalue weighted by Gasteiger charge is -2.67. The van der Waals surface area contributed by atoms with Crippen molar-refractivity contribution < 1.29 is 67.3 Å². The van der Waals surface area contributed by atoms with Crippen LogP contribution in [0.2, 0.25) is 0 Å². The molecule has 0 aromatic heterocycles. The number of alkyl halides is 6. The van der Waals surface area contributed by atoms with Gasteiger partial charge >= 0.3 is 24.2 Å². The van der Waals surface area contributed by atoms with Crippen LogP contribution in [0.25, 0.3) is 0 Å². The summed E-state index contributed by atoms with van der Waals surface area (Å²) in [5, 5.41) is 24.8. The maximum Gasteiger partial charge on any atom is 0.514 e. The van der Waals surface area contributed by atoms with Crippen LogP contribution in [-0.2, 0) is 42.7 Å². The Labute approximate surface area is 345 Å². The zero-order valence-corrected chi connectivity index (χ0v) is 34.5. The molecule has 9 atom stereocenters. The summed E-state index contributed by atoms with van der Waals surface area (Å²) in [7, 11) is 0. The van der Waals surface area contributed by atoms with Crippen molar-refractivity contribution in [2.75, 3.05) is 19.8 Å². The van der Waals surface area contributed by atoms with Crippen molar-refractivity contribution in [3.8, 4) is 0 Å². The molecule has 2 unspecified atom stereocenters. The van der Waals surface area contributed by atoms with Crippen LogP contribution >= 0.6 is 69.6 Å². The third kappa shape index (κ3) is 8.22. The molecule has 1 aliphatic heterocycles. The molecule has 2 saturated carbocycles. The van der Waals surface area contributed by atoms with Crippen molar-refractivity contribution in [2.24, 2.45) is 22.7 Å². The summed E-state index contributed by atoms with van der Waals surface area (Å²) < 4.78 is 35.5. The van der Waals surface area contributed by atoms with Gasteiger partial charge in [-0.2, -0.15) is 0 Å². The number of hydrogen-bond acceptors (Lipinski definition) is 14. The van der Waals surface area contributed by atoms with E-state index in [2.05, 4.69) is 0 Å². The molecular weight excluding hydrogens is 857 g/mol. The third-order valence-corrected chi connectivity index (χ3v) is 11.7. The quantitative estimate of drug-likeness (QED) is 0.175. The van der Waals surface area contributed by atoms with Gasteiger partial charge in [-0.25, -0.2) is 14.4 Å². The van der Waals surface area contributed by atoms with Crippen LogP contribution in [0.3, 0.4) is 0 Å². The number of esters is 2. The number of allylic oxidation sites excluding steroid dienone is 1. The standard InChI is InChI=1S/C35H38Cl6O14/c1-16-19(43)12-33(48)26(54-27(45)18-9-7-6-8-10-18)24-31(5,25(44)23(22(16)30(33,3)4)53-29(47)51-15-35(39,40)41)20(52-28(46)50-14-34(36,37)38)11-21-32(24,13-49-21)55-17(2)42/h6-10,16,19-21,24,26,43,48H,11-15H2,1-5H3/b23-22+/t16?,19-,20-,21+,24?,26-,31+,32-,33+/m0/s1. The lowest BCUT2D eigenvalue weighted by molar-refractivity contribution is -0.345. The van der Waals surface area contributed by atoms with Gasteiger partial charge in [0, 0.05) is 31.1 Å². The zero-order valence-electron chi connectivity index (χ0n) is 29.9. The van der Waals surface area contributed by atoms with Gasteiger partial charge in [-0.05, 0) is 24.6 Å². The van der Waals surface area contributed by atoms with E-state index in [-0.39, 0.29) is 24.2 Å². The van der Waals surface area contributed by atoms with Crippen LogP contribution in [0.1, 0.15) is 57.8 Å². The molecule has 4 aliphatic rings. The molecular formula is C35H38Cl6O14. The van der Waals surface area contributed by atoms with Gasteiger partial charge in [0.25, 0.3) is 0 Å². The molecule has 304 valence electrons. The lowest BCUT2D eigenvalue weighted by atomic mass is 9.45. The molecule has 0 radical (unpaired) electrons. The predicted octanol–water partition coefficient (Wildman–Crippen LogP) is 6.35. The number of carbonyl (C=O) groups excluding carboxylic acids is 5. The van der Waals surface area contributed by atoms with Crippen molar-refractivity contribution in [2.45, 2.75) is 90.7 Å². The smallest absolute Gasteiger partial charge is 0.455 e. The number of aliphatic hydroxyl groups excluding tert-OH is 1. The van der Waals surface area contributed by atoms with Gasteiger partial charge in [0.05, 0.1) is 29.6 Å². The van der Waals surface area contributed by atoms with Gasteiger partial charge in [-0.1, -0.05) is 109 Å². The van der Waals surface area contributed by atoms with Gasteiger partial charge in [0.15, 0.2) is 11.4 Å². The summed E-state index contributed by atoms with van der Waals surface area (Å²) in [6, 6.07) is 7.71. The number of aliphatic hydroxyl groups is 2. The number of benzene rings is 1. The number of Topliss-reactive ketones (excluding diaryl/α,β-unsaturated/α-hetero) is 1. The second-order valence-corrected chi connectivity index (χ2v) is 19.8. The molecule has 3 aliphatic carbocycles. The molecule has 2 bridgehead atoms. The predicted molar refractivity (Wildman–Crippen MR) is 196 cm³/mol. The maximum atomic E-state index is 15.6. The molecule has 55 heavy (non-hydrogen) atoms. The van der Waals surface area contributed by atoms with Gasteiger partial charge in [0.1, 0.15) is 37.1 Å². The topological polar surface area (TPSA) is 190 Å². The summed E-state index contributed by atoms with van der Waals surface area (Å²) >= 11 is 34.7. The fraction of sp³-hybridized carbons (Fsp3) is 0.629. The number of rotatable bonds is 7. The van der Waals surface area contributed by atoms with Gasteiger partial charge in [-0.15, -0.1) is 0 Å². The minimum Gasteiger partial charge on any atom is -0.455 e. The molecule has 1 heterocycles. The first kappa shape index (κ1) is 43.8. The fourth-order valence-electron chi connectivity index (χ4n) is 8.44. The molecule has 0 spiro atoms. The average molecular weight is 895 g/mol. The average Bonchev–Trinajstić information content (AvgIpc) is 3.07. The summed E-state index contributed by atoms with van der Waals surface area (Å²) in [6.45, 7) is 4.94. The van der Waals surface area contributed by atoms with Gasteiger partial charge in [-0.3, -0.25) is 9.59 Å². The van der Waals surface area contributed by atoms with Crippen LogP contribution in [0.15, 0.2) is 41.7 Å². The van der Waals surface area contributed by atoms with Crippen molar-refractivity contribution in [3.63, 3.8) is 0 Å². The monoisotopic (exact) mass is 892 g/mol. The summed E-state index contributed by atoms with van der Waals surface area (Å²) in [6.07, 6.45) is -9.86. The highest BCUT2D eigenvalue weighted by atomic mass is 35.6. The van der Waals surface area contributed by atoms with E-state index in [9.17, 15) is 29.4 Å². The lowest BCUT2D eigenvalue weighted by Crippen LogP contribution is -2.81. The molecule has 1 aromatic rings. The number of ketones is 1. The summed E-state index contributed by atoms with van der Waals surface area (Å²) in [5.74, 6) is -6.30. The number of fused-ring (bicyclic) bond motifs is 5. The Hall–Kier alpha value is -2.27. The molecule has 20 heteroatoms. The first-order chi connectivity index (χ1) is 25.3. The zero-order chi connectivity index (χ0) is 41.1. The van der Waals surface area contributed by atoms with E-state index in [1.807, 2.05) is 0 Å². The minimum absolute atomic E-state index is 0.0436. The second-order valence-electron chi connectivity index (χ2n) is 14.7. The van der Waals surface area contributed by atoms with Crippen LogP contribution in [0, 0.1) is 22.7 Å². The molecule has 1 aromatic carbocycles. The molecule has 0 amide bonds. The number of ether oxygens (including phenoxy) is 7. The van der Waals surface area contributed by atoms with E-state index >= 15 is 4.79 Å². The van der Waals surface area contributed by atoms with Crippen molar-refractivity contribution >= 4 is 99.6 Å². The normalized spacial score (nSPS) is 35.3. The SMILES string of the molecule is CC(=O)O[C@@]12CO[C@@H]1C[C@H](OC(=O)OCC(Cl)(Cl)Cl)[C@@]1(C)C(=O)/C(OC(=O)OCC(Cl)(Cl)Cl)=C3/C(C)[C@@H](O)C[C@@](O)([C@@H](OC(=O)c4ccccc4)C12)C3(C)C. The Balaban J connectivity index is 1.82. The molecule has 3 fully saturated rings. The van der Waals surface area contributed by atoms with Crippen LogP contribution in [0.5, 0.6) is 0 Å². The Morgan fingerprint density at radius 2 is 1.51 bits per heavy atom. The van der Waals surface area contributed by atoms with Crippen molar-refractivity contribution in [1.29, 1.82) is 0 Å². The van der Waals surface area contributed by atoms with E-state index in [1.54, 1.807) is 18.2 Å². The second kappa shape index (κ2) is 15.5. The highest BCUT2D eigenvalue weighted by Gasteiger charge is 2.78. The molecule has 1 saturated heterocycles. The van der Waals surface area contributed by atoms with E-state index < -0.39 is 121 Å². The highest BCUT2D eigenvalue weighted by molar-refractivity contribution is 6.68. The maximum absolute atomic E-state index is 15.6. The first-order valence-electron chi connectivity index (χ1n) is 16.9. The molecule has 2 N–H and O–H groups in total. The van der Waals surface area contributed by atoms with E-state index in [0.29, 0.717) is 0 Å². The van der Waals surface area contributed by atoms with Gasteiger partial charge < -0.3 is 43.4 Å². The van der Waals surface area contributed by atoms with Crippen LogP contribution < -0.4 is 0 Å². The first-order valence-corrected chi connectivity index (χ1v) is 19.1. The van der Waals surface area contributed by atoms with Crippen LogP contribution in [-0.4, -0.2) is 103 Å². The largest absolute Gasteiger partial charge is 0.514 e. The Morgan fingerprint density at radius 3 is 2.04 bits per heavy atom. The van der Waals surface area contributed by atoms with Crippen LogP contribution in [0.4, 0.5) is 9.59 Å². The molecule has 14 nitrogen and oxygen atoms in total. The Bertz CT molecular complexity index is 1740. The Morgan fingerprint density at radius 1 is 0.927 bits per heavy atom. The highest BCUT2D eigenvalue weighted by Crippen LogP contribution is 2.65. The number of halogens is 6. The fourth-order valence-corrected chi connectivity index (χ4v) is 8.77. The minimum atomic E-state index is -2.37.